The van der Waals surface area contributed by atoms with Crippen molar-refractivity contribution in [3.05, 3.63) is 53.8 Å². The fourth-order valence-electron chi connectivity index (χ4n) is 2.02. The second-order valence-electron chi connectivity index (χ2n) is 5.52. The van der Waals surface area contributed by atoms with Crippen LogP contribution < -0.4 is 11.5 Å². The molecule has 1 atom stereocenters. The van der Waals surface area contributed by atoms with Gasteiger partial charge in [0.15, 0.2) is 0 Å². The zero-order valence-electron chi connectivity index (χ0n) is 12.3. The molecule has 0 fully saturated rings. The van der Waals surface area contributed by atoms with Gasteiger partial charge in [0.2, 0.25) is 0 Å². The molecule has 0 bridgehead atoms. The Morgan fingerprint density at radius 1 is 1.11 bits per heavy atom. The Balaban J connectivity index is 0.000000550. The van der Waals surface area contributed by atoms with Gasteiger partial charge in [0.1, 0.15) is 0 Å². The number of nitrogen functional groups attached to an aromatic ring is 1. The van der Waals surface area contributed by atoms with Crippen LogP contribution in [0.5, 0.6) is 0 Å². The SMILES string of the molecule is CC1(Cc2ccc(N)cc2)C=CC(N)=CC1.CCC. The number of nitrogens with two attached hydrogens (primary N) is 2. The lowest BCUT2D eigenvalue weighted by atomic mass is 9.78. The first-order valence-electron chi connectivity index (χ1n) is 6.98. The first-order valence-corrected chi connectivity index (χ1v) is 6.98. The maximum atomic E-state index is 5.73. The minimum Gasteiger partial charge on any atom is -0.399 e. The summed E-state index contributed by atoms with van der Waals surface area (Å²) in [4.78, 5) is 0. The van der Waals surface area contributed by atoms with Crippen molar-refractivity contribution in [2.75, 3.05) is 5.73 Å². The molecule has 0 aromatic heterocycles. The first kappa shape index (κ1) is 15.4. The second kappa shape index (κ2) is 7.03. The molecule has 0 aliphatic heterocycles. The molecule has 1 unspecified atom stereocenters. The summed E-state index contributed by atoms with van der Waals surface area (Å²) in [6, 6.07) is 8.09. The fourth-order valence-corrected chi connectivity index (χ4v) is 2.02. The van der Waals surface area contributed by atoms with E-state index in [-0.39, 0.29) is 5.41 Å². The van der Waals surface area contributed by atoms with Crippen LogP contribution in [0.25, 0.3) is 0 Å². The summed E-state index contributed by atoms with van der Waals surface area (Å²) < 4.78 is 0. The maximum Gasteiger partial charge on any atom is 0.0314 e. The Morgan fingerprint density at radius 3 is 2.16 bits per heavy atom. The minimum atomic E-state index is 0.180. The molecule has 2 heteroatoms. The van der Waals surface area contributed by atoms with Crippen molar-refractivity contribution in [3.63, 3.8) is 0 Å². The lowest BCUT2D eigenvalue weighted by Gasteiger charge is -2.27. The number of anilines is 1. The lowest BCUT2D eigenvalue weighted by Crippen LogP contribution is -2.19. The Kier molecular flexibility index (Phi) is 5.68. The Labute approximate surface area is 117 Å². The summed E-state index contributed by atoms with van der Waals surface area (Å²) >= 11 is 0. The van der Waals surface area contributed by atoms with Crippen molar-refractivity contribution in [2.24, 2.45) is 11.1 Å². The molecule has 0 heterocycles. The molecule has 1 aliphatic carbocycles. The number of hydrogen-bond donors (Lipinski definition) is 2. The molecule has 1 aliphatic rings. The number of hydrogen-bond acceptors (Lipinski definition) is 2. The van der Waals surface area contributed by atoms with E-state index < -0.39 is 0 Å². The monoisotopic (exact) mass is 258 g/mol. The van der Waals surface area contributed by atoms with Gasteiger partial charge in [-0.1, -0.05) is 51.5 Å². The van der Waals surface area contributed by atoms with Gasteiger partial charge < -0.3 is 11.5 Å². The Bertz CT molecular complexity index is 443. The van der Waals surface area contributed by atoms with E-state index in [0.717, 1.165) is 24.2 Å². The summed E-state index contributed by atoms with van der Waals surface area (Å²) in [7, 11) is 0. The van der Waals surface area contributed by atoms with Gasteiger partial charge in [0.25, 0.3) is 0 Å². The summed E-state index contributed by atoms with van der Waals surface area (Å²) in [5.74, 6) is 0. The van der Waals surface area contributed by atoms with Crippen molar-refractivity contribution in [2.45, 2.75) is 40.0 Å². The molecule has 0 radical (unpaired) electrons. The highest BCUT2D eigenvalue weighted by molar-refractivity contribution is 5.40. The van der Waals surface area contributed by atoms with Crippen molar-refractivity contribution in [1.29, 1.82) is 0 Å². The fraction of sp³-hybridized carbons (Fsp3) is 0.412. The van der Waals surface area contributed by atoms with Crippen LogP contribution >= 0.6 is 0 Å². The van der Waals surface area contributed by atoms with Crippen molar-refractivity contribution in [1.82, 2.24) is 0 Å². The largest absolute Gasteiger partial charge is 0.399 e. The van der Waals surface area contributed by atoms with E-state index >= 15 is 0 Å². The summed E-state index contributed by atoms with van der Waals surface area (Å²) in [5.41, 5.74) is 14.6. The molecule has 0 spiro atoms. The highest BCUT2D eigenvalue weighted by atomic mass is 14.6. The van der Waals surface area contributed by atoms with Crippen LogP contribution in [0.4, 0.5) is 5.69 Å². The number of benzene rings is 1. The standard InChI is InChI=1S/C14H18N2.C3H8/c1-14(8-6-13(16)7-9-14)10-11-2-4-12(15)5-3-11;1-3-2/h2-8H,9-10,15-16H2,1H3;3H2,1-2H3. The highest BCUT2D eigenvalue weighted by Gasteiger charge is 2.22. The number of allylic oxidation sites excluding steroid dienone is 3. The third-order valence-corrected chi connectivity index (χ3v) is 3.07. The molecular formula is C17H26N2. The smallest absolute Gasteiger partial charge is 0.0314 e. The molecule has 1 aromatic rings. The van der Waals surface area contributed by atoms with Crippen LogP contribution in [-0.2, 0) is 6.42 Å². The predicted octanol–water partition coefficient (Wildman–Crippen LogP) is 4.04. The Morgan fingerprint density at radius 2 is 1.68 bits per heavy atom. The zero-order valence-corrected chi connectivity index (χ0v) is 12.3. The van der Waals surface area contributed by atoms with E-state index in [9.17, 15) is 0 Å². The molecular weight excluding hydrogens is 232 g/mol. The first-order chi connectivity index (χ1) is 8.99. The van der Waals surface area contributed by atoms with Gasteiger partial charge in [-0.3, -0.25) is 0 Å². The van der Waals surface area contributed by atoms with E-state index in [1.165, 1.54) is 12.0 Å². The number of rotatable bonds is 2. The van der Waals surface area contributed by atoms with E-state index in [1.54, 1.807) is 0 Å². The van der Waals surface area contributed by atoms with Crippen LogP contribution in [0.3, 0.4) is 0 Å². The molecule has 2 nitrogen and oxygen atoms in total. The Hall–Kier alpha value is -1.70. The van der Waals surface area contributed by atoms with Gasteiger partial charge in [-0.2, -0.15) is 0 Å². The molecule has 0 saturated carbocycles. The van der Waals surface area contributed by atoms with E-state index in [0.29, 0.717) is 0 Å². The molecule has 19 heavy (non-hydrogen) atoms. The average Bonchev–Trinajstić information content (AvgIpc) is 2.37. The minimum absolute atomic E-state index is 0.180. The van der Waals surface area contributed by atoms with Gasteiger partial charge >= 0.3 is 0 Å². The third-order valence-electron chi connectivity index (χ3n) is 3.07. The molecule has 104 valence electrons. The van der Waals surface area contributed by atoms with E-state index in [1.807, 2.05) is 18.2 Å². The van der Waals surface area contributed by atoms with Crippen LogP contribution in [-0.4, -0.2) is 0 Å². The van der Waals surface area contributed by atoms with E-state index in [2.05, 4.69) is 45.1 Å². The summed E-state index contributed by atoms with van der Waals surface area (Å²) in [6.07, 6.45) is 9.57. The van der Waals surface area contributed by atoms with E-state index in [4.69, 9.17) is 11.5 Å². The lowest BCUT2D eigenvalue weighted by molar-refractivity contribution is 0.425. The van der Waals surface area contributed by atoms with Gasteiger partial charge in [-0.05, 0) is 42.0 Å². The van der Waals surface area contributed by atoms with Gasteiger partial charge in [-0.25, -0.2) is 0 Å². The normalized spacial score (nSPS) is 21.3. The molecule has 0 amide bonds. The van der Waals surface area contributed by atoms with Crippen LogP contribution in [0.1, 0.15) is 39.2 Å². The van der Waals surface area contributed by atoms with Crippen molar-refractivity contribution >= 4 is 5.69 Å². The third kappa shape index (κ3) is 5.21. The van der Waals surface area contributed by atoms with Gasteiger partial charge in [0.05, 0.1) is 0 Å². The van der Waals surface area contributed by atoms with Gasteiger partial charge in [-0.15, -0.1) is 0 Å². The van der Waals surface area contributed by atoms with Crippen molar-refractivity contribution in [3.8, 4) is 0 Å². The quantitative estimate of drug-likeness (QED) is 0.787. The molecule has 4 N–H and O–H groups in total. The summed E-state index contributed by atoms with van der Waals surface area (Å²) in [6.45, 7) is 6.50. The van der Waals surface area contributed by atoms with Crippen LogP contribution in [0, 0.1) is 5.41 Å². The van der Waals surface area contributed by atoms with Crippen LogP contribution in [0.2, 0.25) is 0 Å². The second-order valence-corrected chi connectivity index (χ2v) is 5.52. The van der Waals surface area contributed by atoms with Gasteiger partial charge in [0, 0.05) is 11.4 Å². The van der Waals surface area contributed by atoms with Crippen molar-refractivity contribution < 1.29 is 0 Å². The average molecular weight is 258 g/mol. The predicted molar refractivity (Wildman–Crippen MR) is 84.7 cm³/mol. The molecule has 1 aromatic carbocycles. The molecule has 0 saturated heterocycles. The topological polar surface area (TPSA) is 52.0 Å². The maximum absolute atomic E-state index is 5.73. The summed E-state index contributed by atoms with van der Waals surface area (Å²) in [5, 5.41) is 0. The zero-order chi connectivity index (χ0) is 14.3. The highest BCUT2D eigenvalue weighted by Crippen LogP contribution is 2.32. The van der Waals surface area contributed by atoms with Crippen LogP contribution in [0.15, 0.2) is 48.2 Å². The molecule has 2 rings (SSSR count).